The Kier molecular flexibility index (Phi) is 3.83. The fourth-order valence-electron chi connectivity index (χ4n) is 1.50. The van der Waals surface area contributed by atoms with Crippen LogP contribution in [0.1, 0.15) is 19.0 Å². The fraction of sp³-hybridized carbons (Fsp3) is 0.667. The van der Waals surface area contributed by atoms with Crippen molar-refractivity contribution >= 4 is 11.5 Å². The van der Waals surface area contributed by atoms with Crippen LogP contribution in [0, 0.1) is 17.0 Å². The first kappa shape index (κ1) is 12.4. The van der Waals surface area contributed by atoms with Crippen molar-refractivity contribution in [1.82, 2.24) is 9.78 Å². The minimum Gasteiger partial charge on any atom is -0.394 e. The molecule has 0 spiro atoms. The molecule has 1 aromatic rings. The predicted octanol–water partition coefficient (Wildman–Crippen LogP) is 0.820. The number of aliphatic hydroxyl groups excluding tert-OH is 1. The van der Waals surface area contributed by atoms with Crippen LogP contribution in [-0.4, -0.2) is 32.5 Å². The molecule has 1 aromatic heterocycles. The average molecular weight is 228 g/mol. The van der Waals surface area contributed by atoms with Crippen molar-refractivity contribution in [2.24, 2.45) is 7.05 Å². The van der Waals surface area contributed by atoms with Crippen LogP contribution < -0.4 is 5.32 Å². The molecule has 0 fully saturated rings. The van der Waals surface area contributed by atoms with Crippen molar-refractivity contribution in [2.45, 2.75) is 26.3 Å². The second kappa shape index (κ2) is 4.93. The zero-order chi connectivity index (χ0) is 12.3. The van der Waals surface area contributed by atoms with Crippen molar-refractivity contribution in [3.63, 3.8) is 0 Å². The molecule has 0 aliphatic rings. The van der Waals surface area contributed by atoms with Crippen molar-refractivity contribution in [1.29, 1.82) is 0 Å². The topological polar surface area (TPSA) is 93.2 Å². The lowest BCUT2D eigenvalue weighted by atomic mass is 10.2. The highest BCUT2D eigenvalue weighted by molar-refractivity contribution is 5.59. The van der Waals surface area contributed by atoms with Gasteiger partial charge in [0.15, 0.2) is 0 Å². The zero-order valence-electron chi connectivity index (χ0n) is 9.60. The van der Waals surface area contributed by atoms with Gasteiger partial charge in [-0.3, -0.25) is 10.1 Å². The van der Waals surface area contributed by atoms with Crippen LogP contribution in [0.3, 0.4) is 0 Å². The van der Waals surface area contributed by atoms with Crippen molar-refractivity contribution in [2.75, 3.05) is 11.9 Å². The molecular weight excluding hydrogens is 212 g/mol. The van der Waals surface area contributed by atoms with E-state index in [0.717, 1.165) is 0 Å². The normalized spacial score (nSPS) is 12.5. The maximum atomic E-state index is 10.9. The summed E-state index contributed by atoms with van der Waals surface area (Å²) in [6.07, 6.45) is 0.678. The molecule has 0 unspecified atom stereocenters. The Hall–Kier alpha value is -1.63. The van der Waals surface area contributed by atoms with E-state index in [2.05, 4.69) is 10.4 Å². The highest BCUT2D eigenvalue weighted by Gasteiger charge is 2.25. The molecule has 1 heterocycles. The summed E-state index contributed by atoms with van der Waals surface area (Å²) in [6.45, 7) is 3.41. The van der Waals surface area contributed by atoms with E-state index in [9.17, 15) is 10.1 Å². The van der Waals surface area contributed by atoms with E-state index in [1.807, 2.05) is 6.92 Å². The number of aliphatic hydroxyl groups is 1. The number of anilines is 1. The fourth-order valence-corrected chi connectivity index (χ4v) is 1.50. The first-order valence-electron chi connectivity index (χ1n) is 5.06. The smallest absolute Gasteiger partial charge is 0.333 e. The van der Waals surface area contributed by atoms with Crippen LogP contribution >= 0.6 is 0 Å². The maximum Gasteiger partial charge on any atom is 0.333 e. The monoisotopic (exact) mass is 228 g/mol. The molecule has 1 rings (SSSR count). The van der Waals surface area contributed by atoms with Crippen LogP contribution in [0.2, 0.25) is 0 Å². The van der Waals surface area contributed by atoms with Crippen molar-refractivity contribution in [3.8, 4) is 0 Å². The van der Waals surface area contributed by atoms with E-state index in [4.69, 9.17) is 5.11 Å². The largest absolute Gasteiger partial charge is 0.394 e. The number of aromatic nitrogens is 2. The Morgan fingerprint density at radius 2 is 2.31 bits per heavy atom. The zero-order valence-corrected chi connectivity index (χ0v) is 9.60. The summed E-state index contributed by atoms with van der Waals surface area (Å²) in [7, 11) is 1.63. The molecule has 0 radical (unpaired) electrons. The third kappa shape index (κ3) is 2.30. The van der Waals surface area contributed by atoms with E-state index in [1.54, 1.807) is 14.0 Å². The highest BCUT2D eigenvalue weighted by Crippen LogP contribution is 2.27. The van der Waals surface area contributed by atoms with Crippen molar-refractivity contribution < 1.29 is 10.0 Å². The number of hydrogen-bond donors (Lipinski definition) is 2. The molecule has 0 amide bonds. The van der Waals surface area contributed by atoms with Gasteiger partial charge in [-0.1, -0.05) is 6.92 Å². The number of nitro groups is 1. The molecule has 7 heteroatoms. The third-order valence-electron chi connectivity index (χ3n) is 2.43. The maximum absolute atomic E-state index is 10.9. The van der Waals surface area contributed by atoms with Gasteiger partial charge in [-0.05, 0) is 13.3 Å². The van der Waals surface area contributed by atoms with Gasteiger partial charge in [0.25, 0.3) is 0 Å². The Morgan fingerprint density at radius 1 is 1.69 bits per heavy atom. The van der Waals surface area contributed by atoms with Crippen LogP contribution in [0.4, 0.5) is 11.5 Å². The molecule has 0 saturated carbocycles. The second-order valence-corrected chi connectivity index (χ2v) is 3.60. The molecular formula is C9H16N4O3. The molecule has 0 aliphatic heterocycles. The minimum absolute atomic E-state index is 0.0330. The Labute approximate surface area is 93.2 Å². The standard InChI is InChI=1S/C9H16N4O3/c1-4-7(5-14)10-9-8(13(15)16)6(2)11-12(9)3/h7,10,14H,4-5H2,1-3H3/t7-/m1/s1. The van der Waals surface area contributed by atoms with E-state index in [0.29, 0.717) is 17.9 Å². The number of rotatable bonds is 5. The molecule has 0 bridgehead atoms. The lowest BCUT2D eigenvalue weighted by Gasteiger charge is -2.14. The molecule has 0 aromatic carbocycles. The van der Waals surface area contributed by atoms with Gasteiger partial charge in [-0.2, -0.15) is 5.10 Å². The number of nitrogens with zero attached hydrogens (tertiary/aromatic N) is 3. The van der Waals surface area contributed by atoms with Crippen LogP contribution in [-0.2, 0) is 7.05 Å². The number of aryl methyl sites for hydroxylation is 2. The molecule has 0 saturated heterocycles. The Balaban J connectivity index is 3.07. The molecule has 2 N–H and O–H groups in total. The Morgan fingerprint density at radius 3 is 2.75 bits per heavy atom. The van der Waals surface area contributed by atoms with Gasteiger partial charge >= 0.3 is 5.69 Å². The third-order valence-corrected chi connectivity index (χ3v) is 2.43. The molecule has 90 valence electrons. The lowest BCUT2D eigenvalue weighted by molar-refractivity contribution is -0.384. The van der Waals surface area contributed by atoms with E-state index >= 15 is 0 Å². The van der Waals surface area contributed by atoms with Crippen molar-refractivity contribution in [3.05, 3.63) is 15.8 Å². The van der Waals surface area contributed by atoms with Crippen LogP contribution in [0.5, 0.6) is 0 Å². The second-order valence-electron chi connectivity index (χ2n) is 3.60. The number of nitrogens with one attached hydrogen (secondary N) is 1. The lowest BCUT2D eigenvalue weighted by Crippen LogP contribution is -2.24. The predicted molar refractivity (Wildman–Crippen MR) is 59.4 cm³/mol. The van der Waals surface area contributed by atoms with Crippen LogP contribution in [0.15, 0.2) is 0 Å². The van der Waals surface area contributed by atoms with Gasteiger partial charge in [-0.15, -0.1) is 0 Å². The Bertz CT molecular complexity index is 384. The SMILES string of the molecule is CC[C@H](CO)Nc1c([N+](=O)[O-])c(C)nn1C. The van der Waals surface area contributed by atoms with Gasteiger partial charge < -0.3 is 10.4 Å². The van der Waals surface area contributed by atoms with Gasteiger partial charge in [0.2, 0.25) is 5.82 Å². The van der Waals surface area contributed by atoms with E-state index < -0.39 is 4.92 Å². The quantitative estimate of drug-likeness (QED) is 0.574. The van der Waals surface area contributed by atoms with Gasteiger partial charge in [-0.25, -0.2) is 4.68 Å². The summed E-state index contributed by atoms with van der Waals surface area (Å²) >= 11 is 0. The summed E-state index contributed by atoms with van der Waals surface area (Å²) in [6, 6.07) is -0.200. The molecule has 7 nitrogen and oxygen atoms in total. The highest BCUT2D eigenvalue weighted by atomic mass is 16.6. The minimum atomic E-state index is -0.464. The molecule has 16 heavy (non-hydrogen) atoms. The van der Waals surface area contributed by atoms with Gasteiger partial charge in [0.1, 0.15) is 5.69 Å². The summed E-state index contributed by atoms with van der Waals surface area (Å²) in [5.74, 6) is 0.336. The first-order valence-corrected chi connectivity index (χ1v) is 5.06. The van der Waals surface area contributed by atoms with E-state index in [-0.39, 0.29) is 18.3 Å². The van der Waals surface area contributed by atoms with Crippen LogP contribution in [0.25, 0.3) is 0 Å². The summed E-state index contributed by atoms with van der Waals surface area (Å²) in [4.78, 5) is 10.4. The summed E-state index contributed by atoms with van der Waals surface area (Å²) in [5.41, 5.74) is 0.331. The van der Waals surface area contributed by atoms with E-state index in [1.165, 1.54) is 4.68 Å². The molecule has 0 aliphatic carbocycles. The van der Waals surface area contributed by atoms with Gasteiger partial charge in [0.05, 0.1) is 17.6 Å². The van der Waals surface area contributed by atoms with Gasteiger partial charge in [0, 0.05) is 7.05 Å². The first-order chi connectivity index (χ1) is 7.51. The summed E-state index contributed by atoms with van der Waals surface area (Å²) in [5, 5.41) is 26.8. The number of hydrogen-bond acceptors (Lipinski definition) is 5. The average Bonchev–Trinajstić information content (AvgIpc) is 2.49. The molecule has 1 atom stereocenters. The summed E-state index contributed by atoms with van der Waals surface area (Å²) < 4.78 is 1.42.